The molecule has 3 aromatic carbocycles. The topological polar surface area (TPSA) is 57.2 Å². The molecular weight excluding hydrogens is 526 g/mol. The quantitative estimate of drug-likeness (QED) is 0.149. The van der Waals surface area contributed by atoms with Crippen LogP contribution >= 0.6 is 0 Å². The van der Waals surface area contributed by atoms with Crippen LogP contribution in [0.25, 0.3) is 12.2 Å². The molecule has 42 heavy (non-hydrogen) atoms. The second-order valence-electron chi connectivity index (χ2n) is 10.1. The first-order valence-corrected chi connectivity index (χ1v) is 14.9. The van der Waals surface area contributed by atoms with Gasteiger partial charge in [0.15, 0.2) is 18.4 Å². The van der Waals surface area contributed by atoms with E-state index in [4.69, 9.17) is 18.9 Å². The predicted octanol–water partition coefficient (Wildman–Crippen LogP) is 7.38. The van der Waals surface area contributed by atoms with Crippen molar-refractivity contribution in [3.8, 4) is 0 Å². The van der Waals surface area contributed by atoms with Crippen LogP contribution in [0.4, 0.5) is 0 Å². The lowest BCUT2D eigenvalue weighted by Crippen LogP contribution is -2.37. The zero-order chi connectivity index (χ0) is 29.7. The number of hydrogen-bond donors (Lipinski definition) is 0. The Morgan fingerprint density at radius 3 is 1.40 bits per heavy atom. The average Bonchev–Trinajstić information content (AvgIpc) is 3.00. The highest BCUT2D eigenvalue weighted by Gasteiger charge is 2.26. The zero-order valence-electron chi connectivity index (χ0n) is 25.3. The van der Waals surface area contributed by atoms with E-state index >= 15 is 0 Å². The number of likely N-dealkylation sites (tertiary alicyclic amines) is 1. The summed E-state index contributed by atoms with van der Waals surface area (Å²) in [6.45, 7) is 12.0. The number of ketones is 1. The molecule has 1 saturated heterocycles. The summed E-state index contributed by atoms with van der Waals surface area (Å²) in [7, 11) is 0. The number of nitrogens with zero attached hydrogens (tertiary/aromatic N) is 1. The molecule has 6 heteroatoms. The van der Waals surface area contributed by atoms with E-state index < -0.39 is 12.6 Å². The Labute approximate surface area is 250 Å². The monoisotopic (exact) mass is 569 g/mol. The third-order valence-corrected chi connectivity index (χ3v) is 6.99. The molecule has 3 aromatic rings. The maximum absolute atomic E-state index is 13.8. The van der Waals surface area contributed by atoms with Crippen molar-refractivity contribution in [2.75, 3.05) is 39.5 Å². The Hall–Kier alpha value is -3.39. The van der Waals surface area contributed by atoms with Crippen LogP contribution < -0.4 is 0 Å². The summed E-state index contributed by atoms with van der Waals surface area (Å²) >= 11 is 0. The Balaban J connectivity index is 1.60. The Bertz CT molecular complexity index is 1220. The van der Waals surface area contributed by atoms with Gasteiger partial charge in [-0.1, -0.05) is 78.9 Å². The summed E-state index contributed by atoms with van der Waals surface area (Å²) in [5, 5.41) is 0. The smallest absolute Gasteiger partial charge is 0.187 e. The molecule has 0 saturated carbocycles. The van der Waals surface area contributed by atoms with Crippen molar-refractivity contribution < 1.29 is 23.7 Å². The van der Waals surface area contributed by atoms with E-state index in [0.29, 0.717) is 39.5 Å². The normalized spacial score (nSPS) is 16.3. The molecule has 0 unspecified atom stereocenters. The summed E-state index contributed by atoms with van der Waals surface area (Å²) < 4.78 is 23.0. The van der Waals surface area contributed by atoms with Crippen molar-refractivity contribution in [3.63, 3.8) is 0 Å². The zero-order valence-corrected chi connectivity index (χ0v) is 25.3. The predicted molar refractivity (Wildman–Crippen MR) is 168 cm³/mol. The van der Waals surface area contributed by atoms with Gasteiger partial charge in [-0.3, -0.25) is 9.69 Å². The molecule has 1 heterocycles. The molecule has 4 rings (SSSR count). The minimum Gasteiger partial charge on any atom is -0.349 e. The van der Waals surface area contributed by atoms with Crippen LogP contribution in [0.15, 0.2) is 90.0 Å². The molecule has 1 fully saturated rings. The van der Waals surface area contributed by atoms with Crippen molar-refractivity contribution in [1.82, 2.24) is 4.90 Å². The third kappa shape index (κ3) is 8.81. The number of hydrogen-bond acceptors (Lipinski definition) is 6. The molecule has 6 nitrogen and oxygen atoms in total. The van der Waals surface area contributed by atoms with Crippen molar-refractivity contribution in [2.45, 2.75) is 46.8 Å². The van der Waals surface area contributed by atoms with Gasteiger partial charge in [-0.05, 0) is 56.5 Å². The molecule has 1 aliphatic heterocycles. The maximum Gasteiger partial charge on any atom is 0.187 e. The number of rotatable bonds is 14. The minimum atomic E-state index is -0.391. The molecule has 0 N–H and O–H groups in total. The number of piperidine rings is 1. The largest absolute Gasteiger partial charge is 0.349 e. The van der Waals surface area contributed by atoms with Gasteiger partial charge in [-0.15, -0.1) is 0 Å². The first-order valence-electron chi connectivity index (χ1n) is 14.9. The van der Waals surface area contributed by atoms with Gasteiger partial charge in [0.25, 0.3) is 0 Å². The number of Topliss-reactive ketones (excluding diaryl/α,β-unsaturated/α-hetero) is 1. The molecule has 0 bridgehead atoms. The number of carbonyl (C=O) groups is 1. The number of benzene rings is 3. The van der Waals surface area contributed by atoms with E-state index in [1.165, 1.54) is 5.56 Å². The van der Waals surface area contributed by atoms with Crippen LogP contribution in [-0.2, 0) is 30.3 Å². The molecule has 222 valence electrons. The Morgan fingerprint density at radius 2 is 1.02 bits per heavy atom. The average molecular weight is 570 g/mol. The molecule has 0 aromatic heterocycles. The third-order valence-electron chi connectivity index (χ3n) is 6.99. The van der Waals surface area contributed by atoms with E-state index in [1.807, 2.05) is 94.4 Å². The lowest BCUT2D eigenvalue weighted by atomic mass is 9.93. The molecule has 0 radical (unpaired) electrons. The van der Waals surface area contributed by atoms with Gasteiger partial charge in [-0.2, -0.15) is 0 Å². The molecule has 0 spiro atoms. The summed E-state index contributed by atoms with van der Waals surface area (Å²) in [6, 6.07) is 26.5. The van der Waals surface area contributed by atoms with Gasteiger partial charge in [-0.25, -0.2) is 0 Å². The Kier molecular flexibility index (Phi) is 12.2. The lowest BCUT2D eigenvalue weighted by Gasteiger charge is -2.30. The van der Waals surface area contributed by atoms with Crippen molar-refractivity contribution in [1.29, 1.82) is 0 Å². The summed E-state index contributed by atoms with van der Waals surface area (Å²) in [6.07, 6.45) is 3.23. The first kappa shape index (κ1) is 31.5. The van der Waals surface area contributed by atoms with Gasteiger partial charge < -0.3 is 18.9 Å². The number of ether oxygens (including phenoxy) is 4. The fraction of sp³-hybridized carbons (Fsp3) is 0.361. The highest BCUT2D eigenvalue weighted by atomic mass is 16.7. The number of carbonyl (C=O) groups excluding carboxylic acids is 1. The molecule has 0 atom stereocenters. The van der Waals surface area contributed by atoms with Crippen molar-refractivity contribution in [2.24, 2.45) is 0 Å². The van der Waals surface area contributed by atoms with Crippen LogP contribution in [0.1, 0.15) is 68.1 Å². The fourth-order valence-corrected chi connectivity index (χ4v) is 5.05. The summed E-state index contributed by atoms with van der Waals surface area (Å²) in [5.41, 5.74) is 6.62. The molecule has 0 amide bonds. The highest BCUT2D eigenvalue weighted by Crippen LogP contribution is 2.26. The van der Waals surface area contributed by atoms with Gasteiger partial charge in [0.05, 0.1) is 0 Å². The van der Waals surface area contributed by atoms with Gasteiger partial charge in [0.1, 0.15) is 0 Å². The maximum atomic E-state index is 13.8. The standard InChI is InChI=1S/C36H43NO5/c1-5-39-35(40-6-2)30-18-14-27(15-19-30)22-32-25-37(24-29-12-10-9-11-13-29)26-33(34(32)38)23-28-16-20-31(21-17-28)36(41-7-3)42-8-4/h9-23,35-36H,5-8,24-26H2,1-4H3/b32-22+,33-23+. The van der Waals surface area contributed by atoms with Gasteiger partial charge in [0, 0.05) is 68.3 Å². The summed E-state index contributed by atoms with van der Waals surface area (Å²) in [5.74, 6) is 0.0792. The van der Waals surface area contributed by atoms with Crippen LogP contribution in [0, 0.1) is 0 Å². The van der Waals surface area contributed by atoms with E-state index in [2.05, 4.69) is 29.2 Å². The molecular formula is C36H43NO5. The van der Waals surface area contributed by atoms with Crippen LogP contribution in [0.2, 0.25) is 0 Å². The SMILES string of the molecule is CCOC(OCC)c1ccc(/C=C2\CN(Cc3ccccc3)C/C(=C\c3ccc(C(OCC)OCC)cc3)C2=O)cc1. The Morgan fingerprint density at radius 1 is 0.619 bits per heavy atom. The molecule has 1 aliphatic rings. The van der Waals surface area contributed by atoms with Crippen LogP contribution in [0.3, 0.4) is 0 Å². The highest BCUT2D eigenvalue weighted by molar-refractivity contribution is 6.14. The van der Waals surface area contributed by atoms with E-state index in [9.17, 15) is 4.79 Å². The van der Waals surface area contributed by atoms with Gasteiger partial charge in [0.2, 0.25) is 0 Å². The van der Waals surface area contributed by atoms with E-state index in [1.54, 1.807) is 0 Å². The molecule has 0 aliphatic carbocycles. The van der Waals surface area contributed by atoms with Crippen LogP contribution in [-0.4, -0.2) is 50.2 Å². The second-order valence-corrected chi connectivity index (χ2v) is 10.1. The second kappa shape index (κ2) is 16.3. The van der Waals surface area contributed by atoms with E-state index in [-0.39, 0.29) is 5.78 Å². The van der Waals surface area contributed by atoms with Gasteiger partial charge >= 0.3 is 0 Å². The minimum absolute atomic E-state index is 0.0792. The summed E-state index contributed by atoms with van der Waals surface area (Å²) in [4.78, 5) is 16.1. The fourth-order valence-electron chi connectivity index (χ4n) is 5.05. The van der Waals surface area contributed by atoms with Crippen molar-refractivity contribution in [3.05, 3.63) is 118 Å². The van der Waals surface area contributed by atoms with Crippen molar-refractivity contribution >= 4 is 17.9 Å². The lowest BCUT2D eigenvalue weighted by molar-refractivity contribution is -0.140. The van der Waals surface area contributed by atoms with E-state index in [0.717, 1.165) is 39.9 Å². The first-order chi connectivity index (χ1) is 20.5. The van der Waals surface area contributed by atoms with Crippen LogP contribution in [0.5, 0.6) is 0 Å².